The average Bonchev–Trinajstić information content (AvgIpc) is 2.62. The van der Waals surface area contributed by atoms with E-state index in [9.17, 15) is 5.11 Å². The molecule has 0 aliphatic heterocycles. The highest BCUT2D eigenvalue weighted by Gasteiger charge is 2.17. The van der Waals surface area contributed by atoms with Gasteiger partial charge in [0.2, 0.25) is 0 Å². The lowest BCUT2D eigenvalue weighted by molar-refractivity contribution is 0.476. The van der Waals surface area contributed by atoms with Crippen LogP contribution < -0.4 is 10.6 Å². The van der Waals surface area contributed by atoms with Crippen LogP contribution in [-0.4, -0.2) is 11.1 Å². The van der Waals surface area contributed by atoms with Gasteiger partial charge in [0.25, 0.3) is 0 Å². The van der Waals surface area contributed by atoms with E-state index in [0.717, 1.165) is 11.4 Å². The van der Waals surface area contributed by atoms with Crippen molar-refractivity contribution in [3.05, 3.63) is 64.9 Å². The van der Waals surface area contributed by atoms with Crippen molar-refractivity contribution in [2.24, 2.45) is 0 Å². The van der Waals surface area contributed by atoms with E-state index in [1.165, 1.54) is 22.4 Å². The molecule has 0 heterocycles. The Bertz CT molecular complexity index is 862. The number of hydrogen-bond donors (Lipinski definition) is 3. The second kappa shape index (κ2) is 9.59. The Hall–Kier alpha value is -2.42. The van der Waals surface area contributed by atoms with Crippen molar-refractivity contribution in [2.45, 2.75) is 85.6 Å². The molecule has 2 rings (SSSR count). The summed E-state index contributed by atoms with van der Waals surface area (Å²) in [6.45, 7) is 19.7. The molecule has 0 fully saturated rings. The molecule has 2 aromatic rings. The molecule has 0 saturated heterocycles. The predicted octanol–water partition coefficient (Wildman–Crippen LogP) is 7.75. The maximum atomic E-state index is 10.3. The smallest absolute Gasteiger partial charge is 0.139 e. The largest absolute Gasteiger partial charge is 0.506 e. The molecule has 0 aromatic heterocycles. The third kappa shape index (κ3) is 6.04. The van der Waals surface area contributed by atoms with Gasteiger partial charge in [0, 0.05) is 17.4 Å². The van der Waals surface area contributed by atoms with Gasteiger partial charge in [-0.15, -0.1) is 0 Å². The van der Waals surface area contributed by atoms with Crippen molar-refractivity contribution in [3.63, 3.8) is 0 Å². The highest BCUT2D eigenvalue weighted by atomic mass is 16.3. The number of para-hydroxylation sites is 1. The summed E-state index contributed by atoms with van der Waals surface area (Å²) in [6.07, 6.45) is 2.17. The first-order chi connectivity index (χ1) is 13.9. The van der Waals surface area contributed by atoms with Gasteiger partial charge in [0.1, 0.15) is 5.75 Å². The van der Waals surface area contributed by atoms with Crippen LogP contribution in [0.25, 0.3) is 0 Å². The zero-order valence-electron chi connectivity index (χ0n) is 20.2. The number of phenolic OH excluding ortho intramolecular Hbond substituents is 1. The lowest BCUT2D eigenvalue weighted by Crippen LogP contribution is -2.17. The van der Waals surface area contributed by atoms with E-state index in [2.05, 4.69) is 90.3 Å². The Morgan fingerprint density at radius 3 is 2.00 bits per heavy atom. The number of hydrogen-bond acceptors (Lipinski definition) is 3. The van der Waals surface area contributed by atoms with Crippen molar-refractivity contribution in [3.8, 4) is 5.75 Å². The average molecular weight is 409 g/mol. The van der Waals surface area contributed by atoms with Gasteiger partial charge in [0.05, 0.1) is 5.69 Å². The third-order valence-electron chi connectivity index (χ3n) is 5.44. The fraction of sp³-hybridized carbons (Fsp3) is 0.481. The highest BCUT2D eigenvalue weighted by molar-refractivity contribution is 5.62. The van der Waals surface area contributed by atoms with Crippen LogP contribution in [-0.2, 0) is 5.41 Å². The number of phenols is 1. The molecule has 0 spiro atoms. The van der Waals surface area contributed by atoms with E-state index in [1.54, 1.807) is 6.07 Å². The Labute approximate surface area is 183 Å². The molecular formula is C27H40N2O. The first kappa shape index (κ1) is 23.9. The van der Waals surface area contributed by atoms with Crippen LogP contribution >= 0.6 is 0 Å². The van der Waals surface area contributed by atoms with Gasteiger partial charge in [-0.1, -0.05) is 72.7 Å². The molecule has 2 aromatic carbocycles. The summed E-state index contributed by atoms with van der Waals surface area (Å²) in [5, 5.41) is 17.4. The number of nitrogens with one attached hydrogen (secondary N) is 2. The Morgan fingerprint density at radius 2 is 1.50 bits per heavy atom. The molecule has 0 aliphatic rings. The molecule has 1 atom stereocenters. The number of allylic oxidation sites excluding steroid dienone is 1. The van der Waals surface area contributed by atoms with Crippen LogP contribution in [0.1, 0.15) is 90.8 Å². The van der Waals surface area contributed by atoms with Crippen molar-refractivity contribution < 1.29 is 5.11 Å². The molecule has 0 saturated carbocycles. The van der Waals surface area contributed by atoms with Crippen molar-refractivity contribution in [1.29, 1.82) is 0 Å². The maximum Gasteiger partial charge on any atom is 0.139 e. The van der Waals surface area contributed by atoms with Crippen molar-refractivity contribution in [2.75, 3.05) is 10.6 Å². The number of rotatable bonds is 7. The van der Waals surface area contributed by atoms with E-state index in [0.29, 0.717) is 11.8 Å². The summed E-state index contributed by atoms with van der Waals surface area (Å²) in [5.74, 6) is 1.18. The summed E-state index contributed by atoms with van der Waals surface area (Å²) in [6, 6.07) is 12.5. The Morgan fingerprint density at radius 1 is 0.933 bits per heavy atom. The molecule has 3 nitrogen and oxygen atoms in total. The molecule has 0 bridgehead atoms. The van der Waals surface area contributed by atoms with Gasteiger partial charge in [0.15, 0.2) is 0 Å². The monoisotopic (exact) mass is 408 g/mol. The Balaban J connectivity index is 2.25. The first-order valence-corrected chi connectivity index (χ1v) is 11.1. The molecule has 30 heavy (non-hydrogen) atoms. The summed E-state index contributed by atoms with van der Waals surface area (Å²) in [4.78, 5) is 0. The maximum absolute atomic E-state index is 10.3. The van der Waals surface area contributed by atoms with E-state index < -0.39 is 0 Å². The van der Waals surface area contributed by atoms with Crippen LogP contribution in [0.2, 0.25) is 0 Å². The normalized spacial score (nSPS) is 13.6. The topological polar surface area (TPSA) is 44.3 Å². The van der Waals surface area contributed by atoms with Crippen LogP contribution in [0.4, 0.5) is 11.4 Å². The predicted molar refractivity (Wildman–Crippen MR) is 132 cm³/mol. The van der Waals surface area contributed by atoms with Crippen LogP contribution in [0.15, 0.2) is 48.2 Å². The van der Waals surface area contributed by atoms with Gasteiger partial charge in [-0.2, -0.15) is 0 Å². The Kier molecular flexibility index (Phi) is 7.63. The van der Waals surface area contributed by atoms with Gasteiger partial charge < -0.3 is 15.7 Å². The zero-order valence-corrected chi connectivity index (χ0v) is 20.2. The fourth-order valence-electron chi connectivity index (χ4n) is 3.72. The summed E-state index contributed by atoms with van der Waals surface area (Å²) >= 11 is 0. The van der Waals surface area contributed by atoms with Gasteiger partial charge in [-0.25, -0.2) is 0 Å². The quantitative estimate of drug-likeness (QED) is 0.410. The molecule has 0 radical (unpaired) electrons. The van der Waals surface area contributed by atoms with E-state index in [1.807, 2.05) is 19.1 Å². The molecule has 3 heteroatoms. The molecule has 164 valence electrons. The van der Waals surface area contributed by atoms with Gasteiger partial charge >= 0.3 is 0 Å². The van der Waals surface area contributed by atoms with E-state index in [4.69, 9.17) is 0 Å². The minimum Gasteiger partial charge on any atom is -0.506 e. The molecule has 0 aliphatic carbocycles. The van der Waals surface area contributed by atoms with Crippen molar-refractivity contribution in [1.82, 2.24) is 0 Å². The first-order valence-electron chi connectivity index (χ1n) is 11.1. The number of aromatic hydroxyl groups is 1. The highest BCUT2D eigenvalue weighted by Crippen LogP contribution is 2.34. The molecule has 3 N–H and O–H groups in total. The van der Waals surface area contributed by atoms with Crippen LogP contribution in [0, 0.1) is 0 Å². The van der Waals surface area contributed by atoms with Crippen molar-refractivity contribution >= 4 is 11.4 Å². The molecule has 1 unspecified atom stereocenters. The SMILES string of the molecule is C/C(=C\C(C)Nc1c(C(C)C)cccc1C(C)C)Nc1cc(C(C)(C)C)ccc1O. The minimum absolute atomic E-state index is 0.0321. The molecule has 0 amide bonds. The van der Waals surface area contributed by atoms with Crippen LogP contribution in [0.5, 0.6) is 5.75 Å². The molecular weight excluding hydrogens is 368 g/mol. The zero-order chi connectivity index (χ0) is 22.6. The lowest BCUT2D eigenvalue weighted by atomic mass is 9.87. The summed E-state index contributed by atoms with van der Waals surface area (Å²) in [7, 11) is 0. The standard InChI is InChI=1S/C27H40N2O/c1-17(2)22-11-10-12-23(18(3)4)26(22)29-20(6)15-19(5)28-24-16-21(27(7,8)9)13-14-25(24)30/h10-18,20,28-30H,1-9H3/b19-15+. The number of benzene rings is 2. The van der Waals surface area contributed by atoms with Gasteiger partial charge in [-0.3, -0.25) is 0 Å². The van der Waals surface area contributed by atoms with Gasteiger partial charge in [-0.05, 0) is 66.0 Å². The fourth-order valence-corrected chi connectivity index (χ4v) is 3.72. The summed E-state index contributed by atoms with van der Waals surface area (Å²) < 4.78 is 0. The van der Waals surface area contributed by atoms with E-state index in [-0.39, 0.29) is 17.2 Å². The second-order valence-corrected chi connectivity index (χ2v) is 10.0. The summed E-state index contributed by atoms with van der Waals surface area (Å²) in [5.41, 5.74) is 6.92. The second-order valence-electron chi connectivity index (χ2n) is 10.0. The minimum atomic E-state index is 0.0321. The third-order valence-corrected chi connectivity index (χ3v) is 5.44. The van der Waals surface area contributed by atoms with E-state index >= 15 is 0 Å². The number of anilines is 2. The lowest BCUT2D eigenvalue weighted by Gasteiger charge is -2.24. The van der Waals surface area contributed by atoms with Crippen LogP contribution in [0.3, 0.4) is 0 Å².